The molecule has 0 spiro atoms. The molecular weight excluding hydrogens is 256 g/mol. The van der Waals surface area contributed by atoms with Crippen LogP contribution in [-0.2, 0) is 0 Å². The van der Waals surface area contributed by atoms with Gasteiger partial charge in [0.05, 0.1) is 4.92 Å². The highest BCUT2D eigenvalue weighted by molar-refractivity contribution is 5.58. The molecule has 1 aliphatic rings. The maximum absolute atomic E-state index is 10.7. The first-order valence-corrected chi connectivity index (χ1v) is 7.16. The molecule has 0 unspecified atom stereocenters. The van der Waals surface area contributed by atoms with Gasteiger partial charge in [0, 0.05) is 19.2 Å². The molecule has 1 aromatic rings. The predicted octanol–water partition coefficient (Wildman–Crippen LogP) is 2.98. The molecule has 0 amide bonds. The fourth-order valence-electron chi connectivity index (χ4n) is 2.94. The lowest BCUT2D eigenvalue weighted by molar-refractivity contribution is -0.384. The minimum absolute atomic E-state index is 0.0124. The Morgan fingerprint density at radius 1 is 1.40 bits per heavy atom. The van der Waals surface area contributed by atoms with Crippen molar-refractivity contribution < 1.29 is 4.92 Å². The zero-order valence-electron chi connectivity index (χ0n) is 12.1. The average Bonchev–Trinajstić information content (AvgIpc) is 2.46. The Morgan fingerprint density at radius 2 is 2.05 bits per heavy atom. The zero-order chi connectivity index (χ0) is 14.7. The summed E-state index contributed by atoms with van der Waals surface area (Å²) in [5, 5.41) is 10.7. The van der Waals surface area contributed by atoms with Crippen molar-refractivity contribution in [1.29, 1.82) is 0 Å². The Morgan fingerprint density at radius 3 is 2.55 bits per heavy atom. The van der Waals surface area contributed by atoms with Crippen LogP contribution in [0.5, 0.6) is 0 Å². The summed E-state index contributed by atoms with van der Waals surface area (Å²) in [6.45, 7) is 2.24. The lowest BCUT2D eigenvalue weighted by atomic mass is 9.84. The van der Waals surface area contributed by atoms with Crippen molar-refractivity contribution in [3.8, 4) is 0 Å². The third-order valence-corrected chi connectivity index (χ3v) is 4.39. The van der Waals surface area contributed by atoms with Crippen molar-refractivity contribution in [1.82, 2.24) is 4.98 Å². The third kappa shape index (κ3) is 3.00. The van der Waals surface area contributed by atoms with Crippen LogP contribution in [0.3, 0.4) is 0 Å². The maximum Gasteiger partial charge on any atom is 0.311 e. The van der Waals surface area contributed by atoms with Gasteiger partial charge in [-0.1, -0.05) is 13.3 Å². The van der Waals surface area contributed by atoms with Crippen molar-refractivity contribution in [3.63, 3.8) is 0 Å². The van der Waals surface area contributed by atoms with E-state index in [9.17, 15) is 10.1 Å². The van der Waals surface area contributed by atoms with Crippen LogP contribution in [0.25, 0.3) is 0 Å². The Bertz CT molecular complexity index is 484. The number of nitrogens with two attached hydrogens (primary N) is 1. The van der Waals surface area contributed by atoms with Gasteiger partial charge in [0.2, 0.25) is 5.82 Å². The van der Waals surface area contributed by atoms with E-state index < -0.39 is 4.92 Å². The van der Waals surface area contributed by atoms with E-state index in [1.165, 1.54) is 25.3 Å². The molecule has 1 fully saturated rings. The lowest BCUT2D eigenvalue weighted by Gasteiger charge is -2.35. The third-order valence-electron chi connectivity index (χ3n) is 4.39. The van der Waals surface area contributed by atoms with Gasteiger partial charge in [-0.15, -0.1) is 0 Å². The highest BCUT2D eigenvalue weighted by atomic mass is 16.6. The van der Waals surface area contributed by atoms with E-state index >= 15 is 0 Å². The number of rotatable bonds is 4. The second kappa shape index (κ2) is 6.07. The molecule has 2 N–H and O–H groups in total. The number of anilines is 2. The fraction of sp³-hybridized carbons (Fsp3) is 0.643. The van der Waals surface area contributed by atoms with Crippen LogP contribution in [0.1, 0.15) is 39.0 Å². The summed E-state index contributed by atoms with van der Waals surface area (Å²) in [7, 11) is 1.99. The van der Waals surface area contributed by atoms with Crippen molar-refractivity contribution >= 4 is 17.3 Å². The smallest absolute Gasteiger partial charge is 0.311 e. The van der Waals surface area contributed by atoms with Gasteiger partial charge >= 0.3 is 5.69 Å². The molecule has 6 nitrogen and oxygen atoms in total. The topological polar surface area (TPSA) is 85.3 Å². The molecule has 0 aliphatic heterocycles. The molecule has 0 bridgehead atoms. The molecule has 1 aliphatic carbocycles. The number of hydrogen-bond donors (Lipinski definition) is 1. The summed E-state index contributed by atoms with van der Waals surface area (Å²) in [6, 6.07) is 3.57. The van der Waals surface area contributed by atoms with E-state index in [1.54, 1.807) is 6.07 Å². The van der Waals surface area contributed by atoms with Crippen molar-refractivity contribution in [3.05, 3.63) is 22.2 Å². The highest BCUT2D eigenvalue weighted by Gasteiger charge is 2.24. The number of pyridine rings is 1. The summed E-state index contributed by atoms with van der Waals surface area (Å²) in [5.41, 5.74) is 5.53. The fourth-order valence-corrected chi connectivity index (χ4v) is 2.94. The molecule has 0 radical (unpaired) electrons. The normalized spacial score (nSPS) is 22.5. The Balaban J connectivity index is 2.08. The average molecular weight is 278 g/mol. The minimum atomic E-state index is -0.501. The van der Waals surface area contributed by atoms with E-state index in [0.717, 1.165) is 18.8 Å². The number of nitro groups is 1. The van der Waals surface area contributed by atoms with Crippen LogP contribution in [0.4, 0.5) is 17.3 Å². The largest absolute Gasteiger partial charge is 0.378 e. The van der Waals surface area contributed by atoms with Gasteiger partial charge < -0.3 is 10.6 Å². The second-order valence-corrected chi connectivity index (χ2v) is 5.52. The molecule has 0 atom stereocenters. The van der Waals surface area contributed by atoms with Crippen LogP contribution in [0, 0.1) is 16.0 Å². The summed E-state index contributed by atoms with van der Waals surface area (Å²) < 4.78 is 0. The Kier molecular flexibility index (Phi) is 4.42. The van der Waals surface area contributed by atoms with E-state index in [0.29, 0.717) is 11.9 Å². The number of aromatic nitrogens is 1. The predicted molar refractivity (Wildman–Crippen MR) is 79.7 cm³/mol. The summed E-state index contributed by atoms with van der Waals surface area (Å²) in [4.78, 5) is 16.5. The SMILES string of the molecule is CCC1CCC(N(C)c2ccc([N+](=O)[O-])c(N)n2)CC1. The van der Waals surface area contributed by atoms with Gasteiger partial charge in [0.25, 0.3) is 0 Å². The van der Waals surface area contributed by atoms with Gasteiger partial charge in [0.1, 0.15) is 5.82 Å². The van der Waals surface area contributed by atoms with Gasteiger partial charge in [-0.25, -0.2) is 4.98 Å². The van der Waals surface area contributed by atoms with Crippen molar-refractivity contribution in [2.45, 2.75) is 45.1 Å². The Hall–Kier alpha value is -1.85. The first-order valence-electron chi connectivity index (χ1n) is 7.16. The minimum Gasteiger partial charge on any atom is -0.378 e. The Labute approximate surface area is 119 Å². The van der Waals surface area contributed by atoms with Crippen LogP contribution in [0.2, 0.25) is 0 Å². The molecule has 0 aromatic carbocycles. The monoisotopic (exact) mass is 278 g/mol. The molecule has 0 saturated heterocycles. The van der Waals surface area contributed by atoms with Crippen LogP contribution in [0.15, 0.2) is 12.1 Å². The molecular formula is C14H22N4O2. The number of nitrogens with zero attached hydrogens (tertiary/aromatic N) is 3. The first kappa shape index (κ1) is 14.6. The standard InChI is InChI=1S/C14H22N4O2/c1-3-10-4-6-11(7-5-10)17(2)13-9-8-12(18(19)20)14(15)16-13/h8-11H,3-7H2,1-2H3,(H2,15,16). The molecule has 1 heterocycles. The van der Waals surface area contributed by atoms with Crippen LogP contribution < -0.4 is 10.6 Å². The zero-order valence-corrected chi connectivity index (χ0v) is 12.1. The second-order valence-electron chi connectivity index (χ2n) is 5.52. The summed E-state index contributed by atoms with van der Waals surface area (Å²) in [6.07, 6.45) is 6.03. The maximum atomic E-state index is 10.7. The van der Waals surface area contributed by atoms with E-state index in [4.69, 9.17) is 5.73 Å². The van der Waals surface area contributed by atoms with Gasteiger partial charge in [0.15, 0.2) is 0 Å². The first-order chi connectivity index (χ1) is 9.52. The van der Waals surface area contributed by atoms with E-state index in [-0.39, 0.29) is 11.5 Å². The number of hydrogen-bond acceptors (Lipinski definition) is 5. The number of nitrogen functional groups attached to an aromatic ring is 1. The molecule has 1 aromatic heterocycles. The van der Waals surface area contributed by atoms with Crippen LogP contribution in [-0.4, -0.2) is 23.0 Å². The van der Waals surface area contributed by atoms with Crippen molar-refractivity contribution in [2.24, 2.45) is 5.92 Å². The summed E-state index contributed by atoms with van der Waals surface area (Å²) >= 11 is 0. The van der Waals surface area contributed by atoms with Gasteiger partial charge in [-0.05, 0) is 37.7 Å². The van der Waals surface area contributed by atoms with E-state index in [2.05, 4.69) is 16.8 Å². The quantitative estimate of drug-likeness (QED) is 0.676. The van der Waals surface area contributed by atoms with Crippen LogP contribution >= 0.6 is 0 Å². The van der Waals surface area contributed by atoms with Gasteiger partial charge in [-0.3, -0.25) is 10.1 Å². The summed E-state index contributed by atoms with van der Waals surface area (Å²) in [5.74, 6) is 1.55. The molecule has 110 valence electrons. The molecule has 1 saturated carbocycles. The molecule has 20 heavy (non-hydrogen) atoms. The van der Waals surface area contributed by atoms with Crippen molar-refractivity contribution in [2.75, 3.05) is 17.7 Å². The highest BCUT2D eigenvalue weighted by Crippen LogP contribution is 2.31. The lowest BCUT2D eigenvalue weighted by Crippen LogP contribution is -2.35. The van der Waals surface area contributed by atoms with E-state index in [1.807, 2.05) is 7.05 Å². The van der Waals surface area contributed by atoms with Gasteiger partial charge in [-0.2, -0.15) is 0 Å². The molecule has 2 rings (SSSR count). The molecule has 6 heteroatoms.